The summed E-state index contributed by atoms with van der Waals surface area (Å²) in [5, 5.41) is 3.55. The third-order valence-corrected chi connectivity index (χ3v) is 4.07. The van der Waals surface area contributed by atoms with E-state index in [4.69, 9.17) is 4.74 Å². The summed E-state index contributed by atoms with van der Waals surface area (Å²) < 4.78 is 5.31. The molecular weight excluding hydrogens is 214 g/mol. The van der Waals surface area contributed by atoms with Crippen molar-refractivity contribution in [3.8, 4) is 0 Å². The lowest BCUT2D eigenvalue weighted by Crippen LogP contribution is -2.58. The van der Waals surface area contributed by atoms with Crippen LogP contribution in [0.4, 0.5) is 0 Å². The number of hydrogen-bond donors (Lipinski definition) is 1. The molecule has 1 rings (SSSR count). The molecular formula is C14H27NO2. The lowest BCUT2D eigenvalue weighted by Gasteiger charge is -2.36. The Morgan fingerprint density at radius 1 is 1.47 bits per heavy atom. The first kappa shape index (κ1) is 14.5. The van der Waals surface area contributed by atoms with Crippen LogP contribution in [0.1, 0.15) is 59.8 Å². The Morgan fingerprint density at radius 3 is 2.71 bits per heavy atom. The van der Waals surface area contributed by atoms with Gasteiger partial charge < -0.3 is 4.74 Å². The molecule has 100 valence electrons. The second-order valence-corrected chi connectivity index (χ2v) is 5.14. The van der Waals surface area contributed by atoms with Crippen LogP contribution in [0, 0.1) is 5.92 Å². The highest BCUT2D eigenvalue weighted by atomic mass is 16.5. The molecule has 0 bridgehead atoms. The van der Waals surface area contributed by atoms with Crippen molar-refractivity contribution in [3.63, 3.8) is 0 Å². The molecule has 1 aliphatic rings. The molecule has 1 aliphatic carbocycles. The van der Waals surface area contributed by atoms with Gasteiger partial charge >= 0.3 is 5.97 Å². The molecule has 0 aromatic carbocycles. The van der Waals surface area contributed by atoms with Gasteiger partial charge in [-0.2, -0.15) is 0 Å². The lowest BCUT2D eigenvalue weighted by molar-refractivity contribution is -0.153. The highest BCUT2D eigenvalue weighted by molar-refractivity contribution is 5.81. The summed E-state index contributed by atoms with van der Waals surface area (Å²) in [5.41, 5.74) is -0.416. The Morgan fingerprint density at radius 2 is 2.18 bits per heavy atom. The molecule has 0 radical (unpaired) electrons. The monoisotopic (exact) mass is 241 g/mol. The van der Waals surface area contributed by atoms with Gasteiger partial charge in [-0.1, -0.05) is 26.7 Å². The van der Waals surface area contributed by atoms with Crippen molar-refractivity contribution in [2.45, 2.75) is 71.4 Å². The quantitative estimate of drug-likeness (QED) is 0.727. The first-order valence-corrected chi connectivity index (χ1v) is 7.05. The fourth-order valence-electron chi connectivity index (χ4n) is 2.95. The van der Waals surface area contributed by atoms with Crippen LogP contribution < -0.4 is 5.32 Å². The van der Waals surface area contributed by atoms with E-state index in [0.29, 0.717) is 18.6 Å². The van der Waals surface area contributed by atoms with Gasteiger partial charge in [-0.15, -0.1) is 0 Å². The number of carbonyl (C=O) groups excluding carboxylic acids is 1. The number of nitrogens with one attached hydrogen (secondary N) is 1. The van der Waals surface area contributed by atoms with Crippen molar-refractivity contribution in [2.24, 2.45) is 5.92 Å². The highest BCUT2D eigenvalue weighted by Gasteiger charge is 2.49. The van der Waals surface area contributed by atoms with Crippen LogP contribution in [0.15, 0.2) is 0 Å². The Bertz CT molecular complexity index is 255. The zero-order valence-corrected chi connectivity index (χ0v) is 11.7. The van der Waals surface area contributed by atoms with E-state index in [-0.39, 0.29) is 5.97 Å². The van der Waals surface area contributed by atoms with Crippen LogP contribution in [0.25, 0.3) is 0 Å². The molecule has 0 saturated heterocycles. The lowest BCUT2D eigenvalue weighted by atomic mass is 9.84. The molecule has 0 aromatic heterocycles. The Labute approximate surface area is 105 Å². The van der Waals surface area contributed by atoms with Crippen molar-refractivity contribution >= 4 is 5.97 Å². The second kappa shape index (κ2) is 6.39. The van der Waals surface area contributed by atoms with Crippen molar-refractivity contribution in [2.75, 3.05) is 6.61 Å². The summed E-state index contributed by atoms with van der Waals surface area (Å²) in [6.07, 6.45) is 5.27. The van der Waals surface area contributed by atoms with Gasteiger partial charge in [0.25, 0.3) is 0 Å². The standard InChI is InChI=1S/C14H27NO2/c1-5-11(4)15-14(13(16)17-7-3)10-8-9-12(14)6-2/h11-12,15H,5-10H2,1-4H3. The van der Waals surface area contributed by atoms with E-state index in [1.807, 2.05) is 6.92 Å². The van der Waals surface area contributed by atoms with Gasteiger partial charge in [0.2, 0.25) is 0 Å². The van der Waals surface area contributed by atoms with E-state index in [9.17, 15) is 4.79 Å². The maximum Gasteiger partial charge on any atom is 0.326 e. The number of ether oxygens (including phenoxy) is 1. The SMILES string of the molecule is CCOC(=O)C1(NC(C)CC)CCCC1CC. The summed E-state index contributed by atoms with van der Waals surface area (Å²) in [6, 6.07) is 0.367. The number of carbonyl (C=O) groups is 1. The van der Waals surface area contributed by atoms with Crippen LogP contribution in [-0.4, -0.2) is 24.2 Å². The summed E-state index contributed by atoms with van der Waals surface area (Å²) in [7, 11) is 0. The molecule has 17 heavy (non-hydrogen) atoms. The van der Waals surface area contributed by atoms with Crippen molar-refractivity contribution in [1.29, 1.82) is 0 Å². The molecule has 3 nitrogen and oxygen atoms in total. The normalized spacial score (nSPS) is 30.2. The Balaban J connectivity index is 2.87. The number of rotatable bonds is 6. The van der Waals surface area contributed by atoms with Gasteiger partial charge in [-0.25, -0.2) is 0 Å². The third kappa shape index (κ3) is 3.01. The summed E-state index contributed by atoms with van der Waals surface area (Å²) in [4.78, 5) is 12.3. The smallest absolute Gasteiger partial charge is 0.326 e. The average Bonchev–Trinajstić information content (AvgIpc) is 2.73. The molecule has 3 unspecified atom stereocenters. The fourth-order valence-corrected chi connectivity index (χ4v) is 2.95. The molecule has 0 aliphatic heterocycles. The Kier molecular flexibility index (Phi) is 5.44. The van der Waals surface area contributed by atoms with E-state index in [1.54, 1.807) is 0 Å². The molecule has 0 heterocycles. The topological polar surface area (TPSA) is 38.3 Å². The molecule has 3 atom stereocenters. The predicted octanol–water partition coefficient (Wildman–Crippen LogP) is 2.89. The Hall–Kier alpha value is -0.570. The van der Waals surface area contributed by atoms with Gasteiger partial charge in [0.1, 0.15) is 5.54 Å². The fraction of sp³-hybridized carbons (Fsp3) is 0.929. The summed E-state index contributed by atoms with van der Waals surface area (Å²) in [6.45, 7) is 8.81. The molecule has 3 heteroatoms. The van der Waals surface area contributed by atoms with Crippen LogP contribution in [0.2, 0.25) is 0 Å². The highest BCUT2D eigenvalue weighted by Crippen LogP contribution is 2.39. The van der Waals surface area contributed by atoms with Gasteiger partial charge in [0.15, 0.2) is 0 Å². The molecule has 1 fully saturated rings. The molecule has 0 spiro atoms. The minimum Gasteiger partial charge on any atom is -0.465 e. The van der Waals surface area contributed by atoms with Crippen molar-refractivity contribution in [1.82, 2.24) is 5.32 Å². The van der Waals surface area contributed by atoms with Crippen molar-refractivity contribution in [3.05, 3.63) is 0 Å². The second-order valence-electron chi connectivity index (χ2n) is 5.14. The van der Waals surface area contributed by atoms with Gasteiger partial charge in [-0.05, 0) is 39.0 Å². The zero-order valence-electron chi connectivity index (χ0n) is 11.7. The predicted molar refractivity (Wildman–Crippen MR) is 69.9 cm³/mol. The van der Waals surface area contributed by atoms with Crippen LogP contribution in [0.3, 0.4) is 0 Å². The minimum absolute atomic E-state index is 0.0374. The molecule has 0 aromatic rings. The van der Waals surface area contributed by atoms with E-state index < -0.39 is 5.54 Å². The molecule has 1 saturated carbocycles. The zero-order chi connectivity index (χ0) is 12.9. The van der Waals surface area contributed by atoms with Gasteiger partial charge in [0, 0.05) is 6.04 Å². The van der Waals surface area contributed by atoms with Gasteiger partial charge in [0.05, 0.1) is 6.61 Å². The average molecular weight is 241 g/mol. The van der Waals surface area contributed by atoms with E-state index in [0.717, 1.165) is 32.1 Å². The van der Waals surface area contributed by atoms with E-state index >= 15 is 0 Å². The molecule has 0 amide bonds. The number of hydrogen-bond acceptors (Lipinski definition) is 3. The van der Waals surface area contributed by atoms with Crippen LogP contribution >= 0.6 is 0 Å². The van der Waals surface area contributed by atoms with E-state index in [1.165, 1.54) is 0 Å². The maximum absolute atomic E-state index is 12.3. The summed E-state index contributed by atoms with van der Waals surface area (Å²) in [5.74, 6) is 0.389. The first-order chi connectivity index (χ1) is 8.10. The number of esters is 1. The van der Waals surface area contributed by atoms with Crippen molar-refractivity contribution < 1.29 is 9.53 Å². The van der Waals surface area contributed by atoms with Gasteiger partial charge in [-0.3, -0.25) is 10.1 Å². The minimum atomic E-state index is -0.416. The first-order valence-electron chi connectivity index (χ1n) is 7.05. The largest absolute Gasteiger partial charge is 0.465 e. The van der Waals surface area contributed by atoms with Crippen LogP contribution in [0.5, 0.6) is 0 Å². The summed E-state index contributed by atoms with van der Waals surface area (Å²) >= 11 is 0. The maximum atomic E-state index is 12.3. The van der Waals surface area contributed by atoms with Crippen LogP contribution in [-0.2, 0) is 9.53 Å². The third-order valence-electron chi connectivity index (χ3n) is 4.07. The molecule has 1 N–H and O–H groups in total. The van der Waals surface area contributed by atoms with E-state index in [2.05, 4.69) is 26.1 Å².